The summed E-state index contributed by atoms with van der Waals surface area (Å²) in [5.41, 5.74) is 1.37. The van der Waals surface area contributed by atoms with Crippen LogP contribution in [0.15, 0.2) is 11.6 Å². The average Bonchev–Trinajstić information content (AvgIpc) is 1.87. The van der Waals surface area contributed by atoms with Gasteiger partial charge in [-0.05, 0) is 32.6 Å². The van der Waals surface area contributed by atoms with E-state index in [0.717, 1.165) is 12.8 Å². The maximum atomic E-state index is 3.81. The standard InChI is InChI=1S/C9H16/c1-5-8(3)7-9(4)6-2/h7-8H,1-2,5-6H2,3-4H3. The van der Waals surface area contributed by atoms with E-state index in [9.17, 15) is 0 Å². The Morgan fingerprint density at radius 2 is 2.11 bits per heavy atom. The Labute approximate surface area is 59.0 Å². The van der Waals surface area contributed by atoms with Gasteiger partial charge in [-0.15, -0.1) is 0 Å². The Kier molecular flexibility index (Phi) is 4.47. The normalized spacial score (nSPS) is 15.8. The molecule has 1 atom stereocenters. The van der Waals surface area contributed by atoms with Crippen molar-refractivity contribution in [3.8, 4) is 0 Å². The van der Waals surface area contributed by atoms with Crippen molar-refractivity contribution in [2.24, 2.45) is 5.92 Å². The maximum absolute atomic E-state index is 3.81. The third kappa shape index (κ3) is 4.26. The molecule has 0 fully saturated rings. The lowest BCUT2D eigenvalue weighted by atomic mass is 10.0. The summed E-state index contributed by atoms with van der Waals surface area (Å²) in [5, 5.41) is 0. The van der Waals surface area contributed by atoms with Crippen LogP contribution in [0.5, 0.6) is 0 Å². The fraction of sp³-hybridized carbons (Fsp3) is 0.556. The molecule has 0 saturated carbocycles. The SMILES string of the molecule is [CH2]CC(C)=CC(C)C[CH2]. The van der Waals surface area contributed by atoms with E-state index in [1.165, 1.54) is 5.57 Å². The summed E-state index contributed by atoms with van der Waals surface area (Å²) in [6, 6.07) is 0. The van der Waals surface area contributed by atoms with Crippen molar-refractivity contribution in [3.63, 3.8) is 0 Å². The second-order valence-corrected chi connectivity index (χ2v) is 2.53. The largest absolute Gasteiger partial charge is 0.0828 e. The molecule has 0 aliphatic carbocycles. The topological polar surface area (TPSA) is 0 Å². The molecule has 1 unspecified atom stereocenters. The molecule has 0 aromatic carbocycles. The van der Waals surface area contributed by atoms with Crippen molar-refractivity contribution in [1.29, 1.82) is 0 Å². The van der Waals surface area contributed by atoms with E-state index in [-0.39, 0.29) is 0 Å². The Morgan fingerprint density at radius 3 is 2.44 bits per heavy atom. The molecule has 0 saturated heterocycles. The van der Waals surface area contributed by atoms with E-state index in [0.29, 0.717) is 5.92 Å². The quantitative estimate of drug-likeness (QED) is 0.507. The second kappa shape index (κ2) is 4.60. The van der Waals surface area contributed by atoms with Crippen LogP contribution >= 0.6 is 0 Å². The summed E-state index contributed by atoms with van der Waals surface area (Å²) >= 11 is 0. The molecule has 52 valence electrons. The molecule has 0 aromatic rings. The fourth-order valence-electron chi connectivity index (χ4n) is 0.652. The highest BCUT2D eigenvalue weighted by atomic mass is 14.0. The highest BCUT2D eigenvalue weighted by molar-refractivity contribution is 5.00. The third-order valence-corrected chi connectivity index (χ3v) is 1.42. The van der Waals surface area contributed by atoms with Gasteiger partial charge in [-0.2, -0.15) is 0 Å². The van der Waals surface area contributed by atoms with Gasteiger partial charge < -0.3 is 0 Å². The van der Waals surface area contributed by atoms with Crippen molar-refractivity contribution in [2.75, 3.05) is 0 Å². The van der Waals surface area contributed by atoms with Gasteiger partial charge >= 0.3 is 0 Å². The first-order valence-corrected chi connectivity index (χ1v) is 3.46. The van der Waals surface area contributed by atoms with Crippen LogP contribution in [-0.2, 0) is 0 Å². The van der Waals surface area contributed by atoms with Gasteiger partial charge in [-0.25, -0.2) is 0 Å². The number of rotatable bonds is 3. The zero-order valence-corrected chi connectivity index (χ0v) is 6.48. The lowest BCUT2D eigenvalue weighted by molar-refractivity contribution is 0.732. The first kappa shape index (κ1) is 8.74. The molecular weight excluding hydrogens is 108 g/mol. The molecule has 0 aliphatic heterocycles. The van der Waals surface area contributed by atoms with Crippen LogP contribution in [-0.4, -0.2) is 0 Å². The molecule has 2 radical (unpaired) electrons. The van der Waals surface area contributed by atoms with Crippen LogP contribution in [0.3, 0.4) is 0 Å². The van der Waals surface area contributed by atoms with E-state index in [1.807, 2.05) is 0 Å². The molecule has 0 aliphatic rings. The summed E-state index contributed by atoms with van der Waals surface area (Å²) in [4.78, 5) is 0. The molecule has 9 heavy (non-hydrogen) atoms. The van der Waals surface area contributed by atoms with Gasteiger partial charge in [0.05, 0.1) is 0 Å². The van der Waals surface area contributed by atoms with Crippen LogP contribution in [0.4, 0.5) is 0 Å². The van der Waals surface area contributed by atoms with Gasteiger partial charge in [0, 0.05) is 0 Å². The van der Waals surface area contributed by atoms with Gasteiger partial charge in [0.1, 0.15) is 0 Å². The van der Waals surface area contributed by atoms with Crippen LogP contribution in [0.2, 0.25) is 0 Å². The van der Waals surface area contributed by atoms with Crippen LogP contribution in [0.1, 0.15) is 26.7 Å². The molecule has 0 nitrogen and oxygen atoms in total. The minimum atomic E-state index is 0.617. The minimum absolute atomic E-state index is 0.617. The molecule has 0 spiro atoms. The second-order valence-electron chi connectivity index (χ2n) is 2.53. The van der Waals surface area contributed by atoms with Crippen molar-refractivity contribution in [2.45, 2.75) is 26.7 Å². The van der Waals surface area contributed by atoms with E-state index in [4.69, 9.17) is 0 Å². The molecule has 0 bridgehead atoms. The Hall–Kier alpha value is -0.260. The highest BCUT2D eigenvalue weighted by Gasteiger charge is 1.92. The van der Waals surface area contributed by atoms with Gasteiger partial charge in [0.2, 0.25) is 0 Å². The van der Waals surface area contributed by atoms with E-state index in [2.05, 4.69) is 33.8 Å². The lowest BCUT2D eigenvalue weighted by Crippen LogP contribution is -1.86. The predicted octanol–water partition coefficient (Wildman–Crippen LogP) is 3.02. The lowest BCUT2D eigenvalue weighted by Gasteiger charge is -2.01. The van der Waals surface area contributed by atoms with Gasteiger partial charge in [0.15, 0.2) is 0 Å². The summed E-state index contributed by atoms with van der Waals surface area (Å²) in [6.45, 7) is 11.9. The van der Waals surface area contributed by atoms with Crippen molar-refractivity contribution < 1.29 is 0 Å². The van der Waals surface area contributed by atoms with Crippen LogP contribution in [0, 0.1) is 19.8 Å². The van der Waals surface area contributed by atoms with Gasteiger partial charge in [-0.1, -0.05) is 25.5 Å². The molecule has 0 heteroatoms. The molecule has 0 rings (SSSR count). The fourth-order valence-corrected chi connectivity index (χ4v) is 0.652. The zero-order chi connectivity index (χ0) is 7.28. The number of allylic oxidation sites excluding steroid dienone is 2. The Balaban J connectivity index is 3.64. The molecule has 0 aromatic heterocycles. The van der Waals surface area contributed by atoms with E-state index < -0.39 is 0 Å². The number of hydrogen-bond donors (Lipinski definition) is 0. The van der Waals surface area contributed by atoms with Crippen molar-refractivity contribution >= 4 is 0 Å². The predicted molar refractivity (Wildman–Crippen MR) is 42.9 cm³/mol. The summed E-state index contributed by atoms with van der Waals surface area (Å²) < 4.78 is 0. The van der Waals surface area contributed by atoms with Crippen molar-refractivity contribution in [3.05, 3.63) is 25.5 Å². The molecule has 0 amide bonds. The minimum Gasteiger partial charge on any atom is -0.0828 e. The monoisotopic (exact) mass is 124 g/mol. The third-order valence-electron chi connectivity index (χ3n) is 1.42. The summed E-state index contributed by atoms with van der Waals surface area (Å²) in [6.07, 6.45) is 4.14. The van der Waals surface area contributed by atoms with E-state index >= 15 is 0 Å². The molecular formula is C9H16. The van der Waals surface area contributed by atoms with Crippen molar-refractivity contribution in [1.82, 2.24) is 0 Å². The Morgan fingerprint density at radius 1 is 1.56 bits per heavy atom. The number of hydrogen-bond acceptors (Lipinski definition) is 0. The summed E-state index contributed by atoms with van der Waals surface area (Å²) in [7, 11) is 0. The maximum Gasteiger partial charge on any atom is -0.0259 e. The Bertz CT molecular complexity index is 90.2. The van der Waals surface area contributed by atoms with Crippen LogP contribution < -0.4 is 0 Å². The van der Waals surface area contributed by atoms with Gasteiger partial charge in [0.25, 0.3) is 0 Å². The van der Waals surface area contributed by atoms with Gasteiger partial charge in [-0.3, -0.25) is 0 Å². The smallest absolute Gasteiger partial charge is 0.0259 e. The molecule has 0 N–H and O–H groups in total. The highest BCUT2D eigenvalue weighted by Crippen LogP contribution is 2.07. The first-order valence-electron chi connectivity index (χ1n) is 3.46. The van der Waals surface area contributed by atoms with Crippen LogP contribution in [0.25, 0.3) is 0 Å². The first-order chi connectivity index (χ1) is 4.20. The summed E-state index contributed by atoms with van der Waals surface area (Å²) in [5.74, 6) is 0.617. The zero-order valence-electron chi connectivity index (χ0n) is 6.48. The molecule has 0 heterocycles. The average molecular weight is 124 g/mol. The van der Waals surface area contributed by atoms with E-state index in [1.54, 1.807) is 0 Å².